The van der Waals surface area contributed by atoms with Gasteiger partial charge in [0.05, 0.1) is 0 Å². The quantitative estimate of drug-likeness (QED) is 0.779. The number of benzene rings is 1. The van der Waals surface area contributed by atoms with Gasteiger partial charge in [0.15, 0.2) is 0 Å². The second kappa shape index (κ2) is 5.36. The van der Waals surface area contributed by atoms with Gasteiger partial charge in [-0.2, -0.15) is 0 Å². The van der Waals surface area contributed by atoms with E-state index >= 15 is 0 Å². The average molecular weight is 298 g/mol. The number of hydrogen-bond donors (Lipinski definition) is 0. The maximum Gasteiger partial charge on any atom is 0.127 e. The van der Waals surface area contributed by atoms with Crippen molar-refractivity contribution in [3.05, 3.63) is 65.5 Å². The molecule has 0 bridgehead atoms. The van der Waals surface area contributed by atoms with E-state index < -0.39 is 11.6 Å². The number of pyridine rings is 1. The molecule has 1 unspecified atom stereocenters. The fourth-order valence-corrected chi connectivity index (χ4v) is 2.32. The minimum absolute atomic E-state index is 0.249. The minimum Gasteiger partial charge on any atom is -0.265 e. The molecule has 1 aromatic carbocycles. The van der Waals surface area contributed by atoms with Crippen LogP contribution in [0.5, 0.6) is 0 Å². The molecule has 1 aromatic heterocycles. The smallest absolute Gasteiger partial charge is 0.127 e. The number of nitrogens with zero attached hydrogens (tertiary/aromatic N) is 1. The minimum atomic E-state index is -0.430. The number of hydrogen-bond acceptors (Lipinski definition) is 1. The van der Waals surface area contributed by atoms with Crippen LogP contribution in [0.3, 0.4) is 0 Å². The standard InChI is InChI=1S/C13H10BrF2N/c14-12(7-9-3-5-17-6-4-9)11-8-10(15)1-2-13(11)16/h1-6,8,12H,7H2. The van der Waals surface area contributed by atoms with E-state index in [0.717, 1.165) is 17.7 Å². The maximum absolute atomic E-state index is 13.5. The number of halogens is 3. The van der Waals surface area contributed by atoms with Crippen LogP contribution in [0, 0.1) is 11.6 Å². The van der Waals surface area contributed by atoms with Gasteiger partial charge in [-0.25, -0.2) is 8.78 Å². The van der Waals surface area contributed by atoms with Crippen molar-refractivity contribution in [1.82, 2.24) is 4.98 Å². The largest absolute Gasteiger partial charge is 0.265 e. The molecule has 88 valence electrons. The summed E-state index contributed by atoms with van der Waals surface area (Å²) in [6, 6.07) is 7.18. The predicted molar refractivity (Wildman–Crippen MR) is 66.0 cm³/mol. The van der Waals surface area contributed by atoms with Crippen LogP contribution < -0.4 is 0 Å². The third-order valence-corrected chi connectivity index (χ3v) is 3.28. The highest BCUT2D eigenvalue weighted by Gasteiger charge is 2.14. The summed E-state index contributed by atoms with van der Waals surface area (Å²) in [6.07, 6.45) is 3.94. The summed E-state index contributed by atoms with van der Waals surface area (Å²) in [5.41, 5.74) is 1.35. The summed E-state index contributed by atoms with van der Waals surface area (Å²) in [6.45, 7) is 0. The van der Waals surface area contributed by atoms with Gasteiger partial charge >= 0.3 is 0 Å². The van der Waals surface area contributed by atoms with Crippen molar-refractivity contribution in [3.8, 4) is 0 Å². The SMILES string of the molecule is Fc1ccc(F)c(C(Br)Cc2ccncc2)c1. The Kier molecular flexibility index (Phi) is 3.84. The van der Waals surface area contributed by atoms with Gasteiger partial charge in [-0.1, -0.05) is 15.9 Å². The second-order valence-electron chi connectivity index (χ2n) is 3.69. The van der Waals surface area contributed by atoms with Crippen LogP contribution in [0.2, 0.25) is 0 Å². The summed E-state index contributed by atoms with van der Waals surface area (Å²) >= 11 is 3.38. The molecule has 0 aliphatic heterocycles. The molecular weight excluding hydrogens is 288 g/mol. The van der Waals surface area contributed by atoms with E-state index in [9.17, 15) is 8.78 Å². The first kappa shape index (κ1) is 12.2. The topological polar surface area (TPSA) is 12.9 Å². The van der Waals surface area contributed by atoms with Crippen molar-refractivity contribution < 1.29 is 8.78 Å². The molecule has 0 radical (unpaired) electrons. The summed E-state index contributed by atoms with van der Waals surface area (Å²) < 4.78 is 26.6. The van der Waals surface area contributed by atoms with Crippen LogP contribution in [-0.2, 0) is 6.42 Å². The molecular formula is C13H10BrF2N. The molecule has 0 fully saturated rings. The Bertz CT molecular complexity index is 502. The Labute approximate surface area is 107 Å². The molecule has 0 N–H and O–H groups in total. The summed E-state index contributed by atoms with van der Waals surface area (Å²) in [7, 11) is 0. The van der Waals surface area contributed by atoms with E-state index in [-0.39, 0.29) is 4.83 Å². The lowest BCUT2D eigenvalue weighted by Crippen LogP contribution is -1.99. The van der Waals surface area contributed by atoms with Crippen molar-refractivity contribution >= 4 is 15.9 Å². The van der Waals surface area contributed by atoms with E-state index in [1.165, 1.54) is 6.07 Å². The van der Waals surface area contributed by atoms with Crippen LogP contribution in [0.1, 0.15) is 16.0 Å². The first-order chi connectivity index (χ1) is 8.16. The van der Waals surface area contributed by atoms with E-state index in [0.29, 0.717) is 12.0 Å². The number of alkyl halides is 1. The van der Waals surface area contributed by atoms with Crippen molar-refractivity contribution in [1.29, 1.82) is 0 Å². The fraction of sp³-hybridized carbons (Fsp3) is 0.154. The van der Waals surface area contributed by atoms with Gasteiger partial charge in [0, 0.05) is 22.8 Å². The lowest BCUT2D eigenvalue weighted by atomic mass is 10.0. The Morgan fingerprint density at radius 1 is 1.12 bits per heavy atom. The van der Waals surface area contributed by atoms with Crippen LogP contribution >= 0.6 is 15.9 Å². The molecule has 2 aromatic rings. The van der Waals surface area contributed by atoms with Crippen molar-refractivity contribution in [3.63, 3.8) is 0 Å². The zero-order chi connectivity index (χ0) is 12.3. The summed E-state index contributed by atoms with van der Waals surface area (Å²) in [4.78, 5) is 3.66. The van der Waals surface area contributed by atoms with E-state index in [1.807, 2.05) is 12.1 Å². The van der Waals surface area contributed by atoms with Crippen LogP contribution in [0.15, 0.2) is 42.7 Å². The molecule has 17 heavy (non-hydrogen) atoms. The molecule has 0 aliphatic rings. The third kappa shape index (κ3) is 3.09. The predicted octanol–water partition coefficient (Wildman–Crippen LogP) is 4.04. The van der Waals surface area contributed by atoms with Gasteiger partial charge in [0.1, 0.15) is 11.6 Å². The Morgan fingerprint density at radius 3 is 2.53 bits per heavy atom. The van der Waals surface area contributed by atoms with E-state index in [1.54, 1.807) is 12.4 Å². The first-order valence-corrected chi connectivity index (χ1v) is 6.06. The molecule has 0 saturated carbocycles. The molecule has 0 amide bonds. The van der Waals surface area contributed by atoms with Crippen LogP contribution in [0.4, 0.5) is 8.78 Å². The van der Waals surface area contributed by atoms with Crippen LogP contribution in [0.25, 0.3) is 0 Å². The van der Waals surface area contributed by atoms with Gasteiger partial charge in [0.25, 0.3) is 0 Å². The van der Waals surface area contributed by atoms with Crippen molar-refractivity contribution in [2.45, 2.75) is 11.2 Å². The lowest BCUT2D eigenvalue weighted by Gasteiger charge is -2.11. The number of aromatic nitrogens is 1. The Balaban J connectivity index is 2.20. The highest BCUT2D eigenvalue weighted by atomic mass is 79.9. The zero-order valence-corrected chi connectivity index (χ0v) is 10.5. The normalized spacial score (nSPS) is 12.4. The molecule has 0 spiro atoms. The summed E-state index contributed by atoms with van der Waals surface area (Å²) in [5.74, 6) is -0.831. The number of rotatable bonds is 3. The molecule has 1 atom stereocenters. The van der Waals surface area contributed by atoms with E-state index in [2.05, 4.69) is 20.9 Å². The monoisotopic (exact) mass is 297 g/mol. The van der Waals surface area contributed by atoms with Gasteiger partial charge in [-0.05, 0) is 42.3 Å². The molecule has 2 rings (SSSR count). The lowest BCUT2D eigenvalue weighted by molar-refractivity contribution is 0.583. The van der Waals surface area contributed by atoms with E-state index in [4.69, 9.17) is 0 Å². The Hall–Kier alpha value is -1.29. The maximum atomic E-state index is 13.5. The molecule has 0 saturated heterocycles. The zero-order valence-electron chi connectivity index (χ0n) is 8.91. The van der Waals surface area contributed by atoms with Crippen molar-refractivity contribution in [2.75, 3.05) is 0 Å². The van der Waals surface area contributed by atoms with Gasteiger partial charge in [-0.15, -0.1) is 0 Å². The second-order valence-corrected chi connectivity index (χ2v) is 4.80. The molecule has 1 nitrogen and oxygen atoms in total. The Morgan fingerprint density at radius 2 is 1.82 bits per heavy atom. The van der Waals surface area contributed by atoms with Gasteiger partial charge < -0.3 is 0 Å². The highest BCUT2D eigenvalue weighted by molar-refractivity contribution is 9.09. The third-order valence-electron chi connectivity index (χ3n) is 2.46. The van der Waals surface area contributed by atoms with Crippen molar-refractivity contribution in [2.24, 2.45) is 0 Å². The molecule has 0 aliphatic carbocycles. The highest BCUT2D eigenvalue weighted by Crippen LogP contribution is 2.29. The molecule has 4 heteroatoms. The van der Waals surface area contributed by atoms with Gasteiger partial charge in [-0.3, -0.25) is 4.98 Å². The van der Waals surface area contributed by atoms with Crippen LogP contribution in [-0.4, -0.2) is 4.98 Å². The average Bonchev–Trinajstić information content (AvgIpc) is 2.33. The first-order valence-electron chi connectivity index (χ1n) is 5.15. The summed E-state index contributed by atoms with van der Waals surface area (Å²) in [5, 5.41) is 0. The fourth-order valence-electron chi connectivity index (χ4n) is 1.59. The molecule has 1 heterocycles. The van der Waals surface area contributed by atoms with Gasteiger partial charge in [0.2, 0.25) is 0 Å².